The summed E-state index contributed by atoms with van der Waals surface area (Å²) >= 11 is 0. The van der Waals surface area contributed by atoms with Gasteiger partial charge in [-0.15, -0.1) is 0 Å². The largest absolute Gasteiger partial charge is 0.439 e. The van der Waals surface area contributed by atoms with E-state index in [9.17, 15) is 14.7 Å². The molecule has 230 valence electrons. The highest BCUT2D eigenvalue weighted by Gasteiger charge is 2.28. The fraction of sp³-hybridized carbons (Fsp3) is 0.424. The smallest absolute Gasteiger partial charge is 0.391 e. The summed E-state index contributed by atoms with van der Waals surface area (Å²) in [5.74, 6) is 1.01. The first-order chi connectivity index (χ1) is 21.3. The number of rotatable bonds is 10. The molecule has 1 fully saturated rings. The average Bonchev–Trinajstić information content (AvgIpc) is 3.63. The summed E-state index contributed by atoms with van der Waals surface area (Å²) in [4.78, 5) is 33.3. The van der Waals surface area contributed by atoms with E-state index in [1.807, 2.05) is 64.5 Å². The van der Waals surface area contributed by atoms with Gasteiger partial charge in [-0.05, 0) is 62.6 Å². The molecule has 0 aliphatic heterocycles. The van der Waals surface area contributed by atoms with Crippen LogP contribution in [0.1, 0.15) is 74.6 Å². The number of aliphatic hydroxyl groups is 1. The topological polar surface area (TPSA) is 141 Å². The molecule has 1 aliphatic carbocycles. The summed E-state index contributed by atoms with van der Waals surface area (Å²) in [5, 5.41) is 18.2. The normalized spacial score (nSPS) is 17.7. The van der Waals surface area contributed by atoms with Crippen LogP contribution in [0.15, 0.2) is 62.6 Å². The Labute approximate surface area is 254 Å². The second-order valence-corrected chi connectivity index (χ2v) is 11.7. The van der Waals surface area contributed by atoms with Gasteiger partial charge in [-0.3, -0.25) is 18.9 Å². The van der Waals surface area contributed by atoms with E-state index < -0.39 is 11.9 Å². The van der Waals surface area contributed by atoms with Crippen molar-refractivity contribution >= 4 is 5.78 Å². The third kappa shape index (κ3) is 6.02. The predicted molar refractivity (Wildman–Crippen MR) is 166 cm³/mol. The van der Waals surface area contributed by atoms with E-state index in [0.717, 1.165) is 65.6 Å². The van der Waals surface area contributed by atoms with Crippen molar-refractivity contribution in [2.75, 3.05) is 6.61 Å². The molecule has 1 atom stereocenters. The van der Waals surface area contributed by atoms with E-state index >= 15 is 0 Å². The monoisotopic (exact) mass is 598 g/mol. The molecule has 0 amide bonds. The van der Waals surface area contributed by atoms with Crippen LogP contribution >= 0.6 is 0 Å². The standard InChI is InChI=1S/C33H38N6O5/c1-4-7-29-28(18-22-10-12-23(13-11-22)26-8-5-6-9-27(26)30-35-33(42)44-37-30)31(41)38(32-34-21(3)36-39(29)32)24-14-16-25(17-15-24)43-19-20(2)40/h5-6,8-13,20,24-25,40H,4,7,14-19H2,1-3H3,(H,35,37,42). The molecule has 0 saturated heterocycles. The van der Waals surface area contributed by atoms with Crippen molar-refractivity contribution in [3.63, 3.8) is 0 Å². The molecule has 1 aliphatic rings. The van der Waals surface area contributed by atoms with E-state index in [1.165, 1.54) is 0 Å². The quantitative estimate of drug-likeness (QED) is 0.237. The zero-order valence-corrected chi connectivity index (χ0v) is 25.3. The number of ether oxygens (including phenoxy) is 1. The second-order valence-electron chi connectivity index (χ2n) is 11.7. The first-order valence-corrected chi connectivity index (χ1v) is 15.4. The average molecular weight is 599 g/mol. The van der Waals surface area contributed by atoms with Crippen molar-refractivity contribution in [1.82, 2.24) is 29.3 Å². The highest BCUT2D eigenvalue weighted by atomic mass is 16.5. The Morgan fingerprint density at radius 3 is 2.45 bits per heavy atom. The van der Waals surface area contributed by atoms with Crippen LogP contribution in [-0.2, 0) is 17.6 Å². The van der Waals surface area contributed by atoms with Crippen LogP contribution in [0.2, 0.25) is 0 Å². The molecule has 0 bridgehead atoms. The Hall–Kier alpha value is -4.35. The minimum atomic E-state index is -0.601. The van der Waals surface area contributed by atoms with Crippen molar-refractivity contribution in [2.24, 2.45) is 0 Å². The van der Waals surface area contributed by atoms with Gasteiger partial charge in [0, 0.05) is 23.6 Å². The number of nitrogens with one attached hydrogen (secondary N) is 1. The second kappa shape index (κ2) is 12.7. The van der Waals surface area contributed by atoms with Gasteiger partial charge in [0.05, 0.1) is 24.5 Å². The first-order valence-electron chi connectivity index (χ1n) is 15.4. The van der Waals surface area contributed by atoms with Crippen LogP contribution in [0.5, 0.6) is 0 Å². The summed E-state index contributed by atoms with van der Waals surface area (Å²) < 4.78 is 14.4. The zero-order valence-electron chi connectivity index (χ0n) is 25.3. The Bertz CT molecular complexity index is 1860. The van der Waals surface area contributed by atoms with Gasteiger partial charge < -0.3 is 9.84 Å². The van der Waals surface area contributed by atoms with Crippen molar-refractivity contribution in [3.05, 3.63) is 92.1 Å². The fourth-order valence-corrected chi connectivity index (χ4v) is 6.27. The highest BCUT2D eigenvalue weighted by molar-refractivity contribution is 5.80. The van der Waals surface area contributed by atoms with Crippen LogP contribution in [-0.4, -0.2) is 53.2 Å². The predicted octanol–water partition coefficient (Wildman–Crippen LogP) is 4.63. The molecule has 2 N–H and O–H groups in total. The molecule has 6 rings (SSSR count). The van der Waals surface area contributed by atoms with Gasteiger partial charge in [0.2, 0.25) is 5.78 Å². The Balaban J connectivity index is 1.34. The number of aromatic amines is 1. The molecule has 1 unspecified atom stereocenters. The molecule has 0 radical (unpaired) electrons. The lowest BCUT2D eigenvalue weighted by Gasteiger charge is -2.30. The van der Waals surface area contributed by atoms with E-state index in [4.69, 9.17) is 19.3 Å². The summed E-state index contributed by atoms with van der Waals surface area (Å²) in [7, 11) is 0. The lowest BCUT2D eigenvalue weighted by atomic mass is 9.92. The third-order valence-electron chi connectivity index (χ3n) is 8.33. The number of fused-ring (bicyclic) bond motifs is 1. The maximum absolute atomic E-state index is 14.4. The van der Waals surface area contributed by atoms with Crippen molar-refractivity contribution in [1.29, 1.82) is 0 Å². The van der Waals surface area contributed by atoms with E-state index in [1.54, 1.807) is 6.92 Å². The number of nitrogens with zero attached hydrogens (tertiary/aromatic N) is 5. The van der Waals surface area contributed by atoms with Crippen LogP contribution in [0.3, 0.4) is 0 Å². The minimum absolute atomic E-state index is 0.00345. The molecule has 2 aromatic carbocycles. The minimum Gasteiger partial charge on any atom is -0.391 e. The molecule has 11 nitrogen and oxygen atoms in total. The maximum Gasteiger partial charge on any atom is 0.439 e. The van der Waals surface area contributed by atoms with Gasteiger partial charge >= 0.3 is 5.76 Å². The molecule has 1 saturated carbocycles. The lowest BCUT2D eigenvalue weighted by Crippen LogP contribution is -2.35. The number of aryl methyl sites for hydroxylation is 2. The van der Waals surface area contributed by atoms with Crippen molar-refractivity contribution in [2.45, 2.75) is 84.0 Å². The van der Waals surface area contributed by atoms with Crippen molar-refractivity contribution in [3.8, 4) is 22.5 Å². The van der Waals surface area contributed by atoms with Gasteiger partial charge in [-0.1, -0.05) is 67.0 Å². The summed E-state index contributed by atoms with van der Waals surface area (Å²) in [6.45, 7) is 6.02. The van der Waals surface area contributed by atoms with Gasteiger partial charge in [-0.2, -0.15) is 10.1 Å². The molecular weight excluding hydrogens is 560 g/mol. The third-order valence-corrected chi connectivity index (χ3v) is 8.33. The molecule has 44 heavy (non-hydrogen) atoms. The van der Waals surface area contributed by atoms with Gasteiger partial charge in [0.25, 0.3) is 5.56 Å². The molecular formula is C33H38N6O5. The number of H-pyrrole nitrogens is 1. The van der Waals surface area contributed by atoms with Crippen molar-refractivity contribution < 1.29 is 14.4 Å². The SMILES string of the molecule is CCCc1c(Cc2ccc(-c3ccccc3-c3noc(=O)[nH]3)cc2)c(=O)n(C2CCC(OCC(C)O)CC2)c2nc(C)nn12. The molecule has 11 heteroatoms. The Morgan fingerprint density at radius 1 is 1.07 bits per heavy atom. The van der Waals surface area contributed by atoms with Crippen LogP contribution in [0.4, 0.5) is 0 Å². The highest BCUT2D eigenvalue weighted by Crippen LogP contribution is 2.32. The summed E-state index contributed by atoms with van der Waals surface area (Å²) in [5.41, 5.74) is 5.27. The summed E-state index contributed by atoms with van der Waals surface area (Å²) in [6, 6.07) is 15.8. The first kappa shape index (κ1) is 29.7. The molecule has 3 aromatic heterocycles. The molecule has 5 aromatic rings. The Morgan fingerprint density at radius 2 is 1.80 bits per heavy atom. The number of hydrogen-bond donors (Lipinski definition) is 2. The molecule has 3 heterocycles. The Kier molecular flexibility index (Phi) is 8.58. The maximum atomic E-state index is 14.4. The van der Waals surface area contributed by atoms with Crippen LogP contribution in [0.25, 0.3) is 28.3 Å². The number of benzene rings is 2. The molecule has 0 spiro atoms. The van der Waals surface area contributed by atoms with Gasteiger partial charge in [0.1, 0.15) is 5.82 Å². The van der Waals surface area contributed by atoms with Gasteiger partial charge in [-0.25, -0.2) is 9.31 Å². The fourth-order valence-electron chi connectivity index (χ4n) is 6.27. The number of hydrogen-bond acceptors (Lipinski definition) is 8. The number of aliphatic hydroxyl groups excluding tert-OH is 1. The van der Waals surface area contributed by atoms with Gasteiger partial charge in [0.15, 0.2) is 5.82 Å². The number of aromatic nitrogens is 6. The van der Waals surface area contributed by atoms with E-state index in [0.29, 0.717) is 36.9 Å². The van der Waals surface area contributed by atoms with Crippen LogP contribution in [0, 0.1) is 6.92 Å². The lowest BCUT2D eigenvalue weighted by molar-refractivity contribution is -0.0232. The van der Waals surface area contributed by atoms with Crippen LogP contribution < -0.4 is 11.3 Å². The summed E-state index contributed by atoms with van der Waals surface area (Å²) in [6.07, 6.45) is 4.87. The van der Waals surface area contributed by atoms with E-state index in [-0.39, 0.29) is 17.7 Å². The zero-order chi connectivity index (χ0) is 30.8. The van der Waals surface area contributed by atoms with E-state index in [2.05, 4.69) is 17.1 Å².